The van der Waals surface area contributed by atoms with Crippen LogP contribution in [0.4, 0.5) is 0 Å². The van der Waals surface area contributed by atoms with Gasteiger partial charge in [-0.3, -0.25) is 9.59 Å². The highest BCUT2D eigenvalue weighted by Crippen LogP contribution is 2.21. The highest BCUT2D eigenvalue weighted by molar-refractivity contribution is 5.76. The molecule has 2 atom stereocenters. The molecule has 2 unspecified atom stereocenters. The number of hydrogen-bond acceptors (Lipinski definition) is 5. The molecule has 0 heterocycles. The molecule has 6 heteroatoms. The second kappa shape index (κ2) is 80.8. The number of amides is 1. The normalized spacial score (nSPS) is 12.5. The van der Waals surface area contributed by atoms with E-state index in [0.717, 1.165) is 44.9 Å². The number of allylic oxidation sites excluding steroid dienone is 4. The van der Waals surface area contributed by atoms with Crippen LogP contribution in [0.3, 0.4) is 0 Å². The zero-order chi connectivity index (χ0) is 65.6. The molecule has 0 saturated heterocycles. The van der Waals surface area contributed by atoms with Crippen molar-refractivity contribution >= 4 is 11.9 Å². The number of carbonyl (C=O) groups is 2. The van der Waals surface area contributed by atoms with Crippen LogP contribution in [0.2, 0.25) is 0 Å². The number of rotatable bonds is 80. The fraction of sp³-hybridized carbons (Fsp3) is 0.929. The molecule has 0 spiro atoms. The Morgan fingerprint density at radius 2 is 0.549 bits per heavy atom. The third-order valence-electron chi connectivity index (χ3n) is 20.0. The highest BCUT2D eigenvalue weighted by atomic mass is 16.5. The molecule has 1 amide bonds. The maximum absolute atomic E-state index is 12.6. The second-order valence-corrected chi connectivity index (χ2v) is 29.2. The van der Waals surface area contributed by atoms with Gasteiger partial charge in [0.05, 0.1) is 25.4 Å². The summed E-state index contributed by atoms with van der Waals surface area (Å²) in [6.45, 7) is 5.02. The molecule has 0 aromatic carbocycles. The van der Waals surface area contributed by atoms with Gasteiger partial charge in [-0.1, -0.05) is 436 Å². The average Bonchev–Trinajstić information content (AvgIpc) is 3.59. The van der Waals surface area contributed by atoms with E-state index in [1.54, 1.807) is 0 Å². The Labute approximate surface area is 571 Å². The van der Waals surface area contributed by atoms with Crippen molar-refractivity contribution in [1.29, 1.82) is 0 Å². The van der Waals surface area contributed by atoms with Gasteiger partial charge in [0, 0.05) is 12.8 Å². The minimum Gasteiger partial charge on any atom is -0.466 e. The van der Waals surface area contributed by atoms with Crippen LogP contribution in [0.5, 0.6) is 0 Å². The van der Waals surface area contributed by atoms with Gasteiger partial charge in [-0.05, 0) is 57.8 Å². The molecule has 91 heavy (non-hydrogen) atoms. The average molecular weight is 1280 g/mol. The van der Waals surface area contributed by atoms with Gasteiger partial charge in [0.15, 0.2) is 0 Å². The summed E-state index contributed by atoms with van der Waals surface area (Å²) >= 11 is 0. The largest absolute Gasteiger partial charge is 0.466 e. The number of nitrogens with one attached hydrogen (secondary N) is 1. The highest BCUT2D eigenvalue weighted by Gasteiger charge is 2.20. The van der Waals surface area contributed by atoms with E-state index in [4.69, 9.17) is 4.74 Å². The van der Waals surface area contributed by atoms with Crippen LogP contribution in [-0.2, 0) is 14.3 Å². The second-order valence-electron chi connectivity index (χ2n) is 29.2. The van der Waals surface area contributed by atoms with Crippen molar-refractivity contribution in [2.75, 3.05) is 13.2 Å². The smallest absolute Gasteiger partial charge is 0.305 e. The summed E-state index contributed by atoms with van der Waals surface area (Å²) in [5.41, 5.74) is 0. The van der Waals surface area contributed by atoms with E-state index in [9.17, 15) is 19.8 Å². The van der Waals surface area contributed by atoms with Crippen molar-refractivity contribution in [2.45, 2.75) is 495 Å². The molecule has 0 bridgehead atoms. The van der Waals surface area contributed by atoms with Crippen LogP contribution >= 0.6 is 0 Å². The van der Waals surface area contributed by atoms with Gasteiger partial charge < -0.3 is 20.3 Å². The first-order valence-electron chi connectivity index (χ1n) is 42.1. The van der Waals surface area contributed by atoms with E-state index in [1.807, 2.05) is 0 Å². The van der Waals surface area contributed by atoms with E-state index >= 15 is 0 Å². The minimum absolute atomic E-state index is 0.0224. The Morgan fingerprint density at radius 1 is 0.308 bits per heavy atom. The van der Waals surface area contributed by atoms with Gasteiger partial charge >= 0.3 is 5.97 Å². The van der Waals surface area contributed by atoms with E-state index in [1.165, 1.54) is 405 Å². The molecule has 0 aromatic heterocycles. The molecular formula is C85H165NO5. The summed E-state index contributed by atoms with van der Waals surface area (Å²) < 4.78 is 5.52. The number of hydrogen-bond donors (Lipinski definition) is 3. The molecule has 0 aliphatic heterocycles. The molecule has 0 saturated carbocycles. The number of aliphatic hydroxyl groups excluding tert-OH is 2. The van der Waals surface area contributed by atoms with Crippen molar-refractivity contribution in [3.05, 3.63) is 24.3 Å². The quantitative estimate of drug-likeness (QED) is 0.0320. The van der Waals surface area contributed by atoms with Crippen molar-refractivity contribution in [3.8, 4) is 0 Å². The first-order valence-corrected chi connectivity index (χ1v) is 42.1. The SMILES string of the molecule is CCCCCCCCCCCCCCCCCCCCCCCC(O)C(CO)NC(=O)CCCCCCCCCCCCCCCCCCC/C=C\C/C=C\CCCCCCCCCCCCCOC(=O)CCCCCCCCCCCCCCCCCCCC. The minimum atomic E-state index is -0.664. The molecule has 3 N–H and O–H groups in total. The third-order valence-corrected chi connectivity index (χ3v) is 20.0. The van der Waals surface area contributed by atoms with E-state index in [2.05, 4.69) is 43.5 Å². The number of esters is 1. The monoisotopic (exact) mass is 1280 g/mol. The first kappa shape index (κ1) is 89.3. The van der Waals surface area contributed by atoms with Crippen LogP contribution < -0.4 is 5.32 Å². The lowest BCUT2D eigenvalue weighted by molar-refractivity contribution is -0.143. The Bertz CT molecular complexity index is 1430. The summed E-state index contributed by atoms with van der Waals surface area (Å²) in [4.78, 5) is 24.7. The molecule has 0 aliphatic rings. The lowest BCUT2D eigenvalue weighted by Gasteiger charge is -2.22. The Balaban J connectivity index is 3.35. The van der Waals surface area contributed by atoms with Crippen LogP contribution in [0, 0.1) is 0 Å². The number of ether oxygens (including phenoxy) is 1. The van der Waals surface area contributed by atoms with Gasteiger partial charge in [0.25, 0.3) is 0 Å². The molecule has 0 aliphatic carbocycles. The van der Waals surface area contributed by atoms with Crippen LogP contribution in [0.1, 0.15) is 483 Å². The standard InChI is InChI=1S/C85H165NO5/c1-3-5-7-9-11-13-15-17-19-21-23-39-42-45-49-53-57-61-65-69-73-77-83(88)82(81-87)86-84(89)78-74-70-66-62-58-54-50-46-43-40-37-35-33-31-29-27-25-24-26-28-30-32-34-36-38-41-44-48-52-56-60-64-68-72-76-80-91-85(90)79-75-71-67-63-59-55-51-47-22-20-18-16-14-12-10-8-6-4-2/h26,28,32,34,82-83,87-88H,3-25,27,29-31,33,35-81H2,1-2H3,(H,86,89)/b28-26-,34-32-. The molecule has 0 fully saturated rings. The van der Waals surface area contributed by atoms with Crippen molar-refractivity contribution in [1.82, 2.24) is 5.32 Å². The molecule has 0 aromatic rings. The summed E-state index contributed by atoms with van der Waals surface area (Å²) in [5.74, 6) is -0.00466. The summed E-state index contributed by atoms with van der Waals surface area (Å²) in [6, 6.07) is -0.541. The predicted molar refractivity (Wildman–Crippen MR) is 403 cm³/mol. The van der Waals surface area contributed by atoms with E-state index in [-0.39, 0.29) is 18.5 Å². The van der Waals surface area contributed by atoms with Gasteiger partial charge in [-0.15, -0.1) is 0 Å². The molecule has 540 valence electrons. The third kappa shape index (κ3) is 77.2. The van der Waals surface area contributed by atoms with Gasteiger partial charge in [0.2, 0.25) is 5.91 Å². The van der Waals surface area contributed by atoms with Gasteiger partial charge in [0.1, 0.15) is 0 Å². The maximum Gasteiger partial charge on any atom is 0.305 e. The Morgan fingerprint density at radius 3 is 0.835 bits per heavy atom. The lowest BCUT2D eigenvalue weighted by Crippen LogP contribution is -2.45. The molecule has 0 radical (unpaired) electrons. The maximum atomic E-state index is 12.6. The van der Waals surface area contributed by atoms with Crippen molar-refractivity contribution in [2.24, 2.45) is 0 Å². The van der Waals surface area contributed by atoms with Crippen LogP contribution in [0.25, 0.3) is 0 Å². The van der Waals surface area contributed by atoms with Crippen molar-refractivity contribution in [3.63, 3.8) is 0 Å². The number of aliphatic hydroxyl groups is 2. The Hall–Kier alpha value is -1.66. The zero-order valence-corrected chi connectivity index (χ0v) is 62.1. The topological polar surface area (TPSA) is 95.9 Å². The Kier molecular flexibility index (Phi) is 79.3. The first-order chi connectivity index (χ1) is 45.0. The predicted octanol–water partition coefficient (Wildman–Crippen LogP) is 28.0. The fourth-order valence-corrected chi connectivity index (χ4v) is 13.6. The van der Waals surface area contributed by atoms with E-state index < -0.39 is 12.1 Å². The fourth-order valence-electron chi connectivity index (χ4n) is 13.6. The summed E-state index contributed by atoms with van der Waals surface area (Å²) in [6.07, 6.45) is 104. The van der Waals surface area contributed by atoms with Crippen molar-refractivity contribution < 1.29 is 24.5 Å². The number of unbranched alkanes of at least 4 members (excludes halogenated alkanes) is 65. The summed E-state index contributed by atoms with van der Waals surface area (Å²) in [5, 5.41) is 23.5. The summed E-state index contributed by atoms with van der Waals surface area (Å²) in [7, 11) is 0. The molecule has 6 nitrogen and oxygen atoms in total. The zero-order valence-electron chi connectivity index (χ0n) is 62.1. The molecule has 0 rings (SSSR count). The van der Waals surface area contributed by atoms with Crippen LogP contribution in [-0.4, -0.2) is 47.4 Å². The van der Waals surface area contributed by atoms with Crippen LogP contribution in [0.15, 0.2) is 24.3 Å². The van der Waals surface area contributed by atoms with Gasteiger partial charge in [-0.25, -0.2) is 0 Å². The van der Waals surface area contributed by atoms with Gasteiger partial charge in [-0.2, -0.15) is 0 Å². The number of carbonyl (C=O) groups excluding carboxylic acids is 2. The van der Waals surface area contributed by atoms with E-state index in [0.29, 0.717) is 25.9 Å². The molecular weight excluding hydrogens is 1110 g/mol. The lowest BCUT2D eigenvalue weighted by atomic mass is 10.0.